The molecule has 70 valence electrons. The van der Waals surface area contributed by atoms with Crippen LogP contribution in [0.25, 0.3) is 16.9 Å². The number of hydrogen-bond acceptors (Lipinski definition) is 4. The minimum Gasteiger partial charge on any atom is -0.477 e. The maximum Gasteiger partial charge on any atom is 0.352 e. The van der Waals surface area contributed by atoms with Crippen molar-refractivity contribution in [2.24, 2.45) is 0 Å². The molecule has 0 unspecified atom stereocenters. The van der Waals surface area contributed by atoms with E-state index in [0.717, 1.165) is 0 Å². The summed E-state index contributed by atoms with van der Waals surface area (Å²) >= 11 is 0. The van der Waals surface area contributed by atoms with Crippen molar-refractivity contribution in [2.45, 2.75) is 0 Å². The summed E-state index contributed by atoms with van der Waals surface area (Å²) in [4.78, 5) is 22.3. The SMILES string of the molecule is C=C(C(=O)O)n1cnc2cncnc21. The standard InChI is InChI=1S/C8H6N4O2/c1-5(8(13)14)12-4-11-6-2-9-3-10-7(6)12/h2-4H,1H2,(H,13,14). The van der Waals surface area contributed by atoms with Crippen LogP contribution in [0.2, 0.25) is 0 Å². The molecule has 0 fully saturated rings. The van der Waals surface area contributed by atoms with Crippen LogP contribution in [0.15, 0.2) is 25.4 Å². The molecule has 0 aliphatic rings. The number of aliphatic carboxylic acids is 1. The van der Waals surface area contributed by atoms with Gasteiger partial charge in [0.05, 0.1) is 6.20 Å². The fourth-order valence-corrected chi connectivity index (χ4v) is 1.07. The predicted octanol–water partition coefficient (Wildman–Crippen LogP) is 0.382. The van der Waals surface area contributed by atoms with E-state index in [0.29, 0.717) is 11.2 Å². The molecule has 1 N–H and O–H groups in total. The molecule has 2 aromatic heterocycles. The molecule has 0 aromatic carbocycles. The zero-order chi connectivity index (χ0) is 10.1. The van der Waals surface area contributed by atoms with Crippen molar-refractivity contribution < 1.29 is 9.90 Å². The molecule has 0 spiro atoms. The quantitative estimate of drug-likeness (QED) is 0.692. The molecular weight excluding hydrogens is 184 g/mol. The molecule has 0 amide bonds. The largest absolute Gasteiger partial charge is 0.477 e. The second-order valence-corrected chi connectivity index (χ2v) is 2.60. The molecule has 0 saturated carbocycles. The van der Waals surface area contributed by atoms with Gasteiger partial charge in [-0.05, 0) is 0 Å². The monoisotopic (exact) mass is 190 g/mol. The van der Waals surface area contributed by atoms with Crippen LogP contribution in [-0.4, -0.2) is 30.6 Å². The fraction of sp³-hybridized carbons (Fsp3) is 0. The van der Waals surface area contributed by atoms with Crippen LogP contribution >= 0.6 is 0 Å². The van der Waals surface area contributed by atoms with Gasteiger partial charge in [0.2, 0.25) is 0 Å². The van der Waals surface area contributed by atoms with E-state index in [-0.39, 0.29) is 5.70 Å². The summed E-state index contributed by atoms with van der Waals surface area (Å²) in [5, 5.41) is 8.72. The summed E-state index contributed by atoms with van der Waals surface area (Å²) in [6.07, 6.45) is 4.19. The van der Waals surface area contributed by atoms with Crippen LogP contribution < -0.4 is 0 Å². The molecule has 2 rings (SSSR count). The number of carboxylic acid groups (broad SMARTS) is 1. The first kappa shape index (κ1) is 8.36. The molecule has 14 heavy (non-hydrogen) atoms. The predicted molar refractivity (Wildman–Crippen MR) is 48.3 cm³/mol. The third-order valence-corrected chi connectivity index (χ3v) is 1.75. The van der Waals surface area contributed by atoms with Crippen LogP contribution in [-0.2, 0) is 4.79 Å². The van der Waals surface area contributed by atoms with E-state index in [4.69, 9.17) is 5.11 Å². The molecule has 0 bridgehead atoms. The second kappa shape index (κ2) is 2.91. The van der Waals surface area contributed by atoms with Crippen LogP contribution in [0.5, 0.6) is 0 Å². The molecule has 6 nitrogen and oxygen atoms in total. The van der Waals surface area contributed by atoms with Gasteiger partial charge in [-0.1, -0.05) is 6.58 Å². The summed E-state index contributed by atoms with van der Waals surface area (Å²) in [6, 6.07) is 0. The Balaban J connectivity index is 2.64. The van der Waals surface area contributed by atoms with Gasteiger partial charge in [-0.25, -0.2) is 19.7 Å². The number of nitrogens with zero attached hydrogens (tertiary/aromatic N) is 4. The van der Waals surface area contributed by atoms with Crippen molar-refractivity contribution in [2.75, 3.05) is 0 Å². The first-order valence-corrected chi connectivity index (χ1v) is 3.76. The van der Waals surface area contributed by atoms with Crippen molar-refractivity contribution in [1.82, 2.24) is 19.5 Å². The van der Waals surface area contributed by atoms with Crippen LogP contribution in [0.3, 0.4) is 0 Å². The van der Waals surface area contributed by atoms with E-state index in [9.17, 15) is 4.79 Å². The average molecular weight is 190 g/mol. The van der Waals surface area contributed by atoms with Gasteiger partial charge in [-0.3, -0.25) is 4.57 Å². The highest BCUT2D eigenvalue weighted by molar-refractivity contribution is 6.09. The second-order valence-electron chi connectivity index (χ2n) is 2.60. The average Bonchev–Trinajstić information content (AvgIpc) is 2.60. The van der Waals surface area contributed by atoms with Gasteiger partial charge in [0.15, 0.2) is 5.65 Å². The number of carboxylic acids is 1. The van der Waals surface area contributed by atoms with E-state index in [1.807, 2.05) is 0 Å². The summed E-state index contributed by atoms with van der Waals surface area (Å²) in [6.45, 7) is 3.41. The smallest absolute Gasteiger partial charge is 0.352 e. The number of rotatable bonds is 2. The summed E-state index contributed by atoms with van der Waals surface area (Å²) < 4.78 is 1.30. The van der Waals surface area contributed by atoms with Gasteiger partial charge in [-0.2, -0.15) is 0 Å². The fourth-order valence-electron chi connectivity index (χ4n) is 1.07. The van der Waals surface area contributed by atoms with E-state index in [1.165, 1.54) is 23.4 Å². The van der Waals surface area contributed by atoms with Crippen LogP contribution in [0, 0.1) is 0 Å². The Morgan fingerprint density at radius 1 is 1.50 bits per heavy atom. The van der Waals surface area contributed by atoms with Crippen molar-refractivity contribution in [3.8, 4) is 0 Å². The number of fused-ring (bicyclic) bond motifs is 1. The highest BCUT2D eigenvalue weighted by Crippen LogP contribution is 2.11. The molecule has 0 atom stereocenters. The lowest BCUT2D eigenvalue weighted by atomic mass is 10.4. The molecular formula is C8H6N4O2. The Bertz CT molecular complexity index is 517. The zero-order valence-corrected chi connectivity index (χ0v) is 7.08. The Morgan fingerprint density at radius 2 is 2.29 bits per heavy atom. The van der Waals surface area contributed by atoms with E-state index in [2.05, 4.69) is 21.5 Å². The van der Waals surface area contributed by atoms with Gasteiger partial charge < -0.3 is 5.11 Å². The molecule has 2 heterocycles. The topological polar surface area (TPSA) is 80.9 Å². The van der Waals surface area contributed by atoms with E-state index < -0.39 is 5.97 Å². The summed E-state index contributed by atoms with van der Waals surface area (Å²) in [5.74, 6) is -1.11. The van der Waals surface area contributed by atoms with Gasteiger partial charge in [0.1, 0.15) is 23.9 Å². The Kier molecular flexibility index (Phi) is 1.74. The molecule has 0 saturated heterocycles. The highest BCUT2D eigenvalue weighted by atomic mass is 16.4. The number of hydrogen-bond donors (Lipinski definition) is 1. The third-order valence-electron chi connectivity index (χ3n) is 1.75. The van der Waals surface area contributed by atoms with Crippen LogP contribution in [0.1, 0.15) is 0 Å². The Hall–Kier alpha value is -2.24. The van der Waals surface area contributed by atoms with E-state index in [1.54, 1.807) is 0 Å². The van der Waals surface area contributed by atoms with Gasteiger partial charge in [0, 0.05) is 0 Å². The van der Waals surface area contributed by atoms with Gasteiger partial charge in [0.25, 0.3) is 0 Å². The van der Waals surface area contributed by atoms with Crippen molar-refractivity contribution in [1.29, 1.82) is 0 Å². The van der Waals surface area contributed by atoms with Gasteiger partial charge in [-0.15, -0.1) is 0 Å². The van der Waals surface area contributed by atoms with Gasteiger partial charge >= 0.3 is 5.97 Å². The zero-order valence-electron chi connectivity index (χ0n) is 7.08. The van der Waals surface area contributed by atoms with Crippen molar-refractivity contribution >= 4 is 22.8 Å². The number of aromatic nitrogens is 4. The lowest BCUT2D eigenvalue weighted by molar-refractivity contribution is -0.130. The van der Waals surface area contributed by atoms with Crippen molar-refractivity contribution in [3.63, 3.8) is 0 Å². The molecule has 0 aliphatic heterocycles. The molecule has 0 radical (unpaired) electrons. The van der Waals surface area contributed by atoms with Crippen LogP contribution in [0.4, 0.5) is 0 Å². The highest BCUT2D eigenvalue weighted by Gasteiger charge is 2.11. The van der Waals surface area contributed by atoms with Crippen molar-refractivity contribution in [3.05, 3.63) is 25.4 Å². The summed E-state index contributed by atoms with van der Waals surface area (Å²) in [7, 11) is 0. The third kappa shape index (κ3) is 1.13. The minimum absolute atomic E-state index is 0.0915. The molecule has 2 aromatic rings. The Morgan fingerprint density at radius 3 is 3.00 bits per heavy atom. The maximum atomic E-state index is 10.6. The number of imidazole rings is 1. The molecule has 0 aliphatic carbocycles. The Labute approximate surface area is 78.6 Å². The van der Waals surface area contributed by atoms with E-state index >= 15 is 0 Å². The first-order valence-electron chi connectivity index (χ1n) is 3.76. The maximum absolute atomic E-state index is 10.6. The minimum atomic E-state index is -1.11. The lowest BCUT2D eigenvalue weighted by Gasteiger charge is -2.00. The lowest BCUT2D eigenvalue weighted by Crippen LogP contribution is -2.05. The molecule has 6 heteroatoms. The first-order chi connectivity index (χ1) is 6.70. The number of carbonyl (C=O) groups is 1. The normalized spacial score (nSPS) is 10.3. The summed E-state index contributed by atoms with van der Waals surface area (Å²) in [5.41, 5.74) is 0.883.